The first-order chi connectivity index (χ1) is 10.2. The summed E-state index contributed by atoms with van der Waals surface area (Å²) in [5.41, 5.74) is 0.785. The summed E-state index contributed by atoms with van der Waals surface area (Å²) in [5.74, 6) is 1.94. The molecule has 0 unspecified atom stereocenters. The maximum atomic E-state index is 12.0. The largest absolute Gasteiger partial charge is 0.302 e. The lowest BCUT2D eigenvalue weighted by Crippen LogP contribution is -2.02. The number of benzene rings is 1. The number of nitrogens with zero attached hydrogens (tertiary/aromatic N) is 3. The molecular formula is C16H19N3OS. The Morgan fingerprint density at radius 3 is 2.81 bits per heavy atom. The summed E-state index contributed by atoms with van der Waals surface area (Å²) >= 11 is 1.63. The highest BCUT2D eigenvalue weighted by Gasteiger charge is 2.09. The SMILES string of the molecule is C=CCn1c(C)nnc1SCCCC(=O)c1ccccc1. The van der Waals surface area contributed by atoms with Gasteiger partial charge in [-0.1, -0.05) is 48.2 Å². The van der Waals surface area contributed by atoms with Crippen molar-refractivity contribution < 1.29 is 4.79 Å². The third kappa shape index (κ3) is 4.29. The van der Waals surface area contributed by atoms with Gasteiger partial charge in [0.15, 0.2) is 10.9 Å². The van der Waals surface area contributed by atoms with Crippen molar-refractivity contribution in [3.63, 3.8) is 0 Å². The number of thioether (sulfide) groups is 1. The van der Waals surface area contributed by atoms with Gasteiger partial charge in [0, 0.05) is 24.3 Å². The second kappa shape index (κ2) is 7.78. The third-order valence-corrected chi connectivity index (χ3v) is 4.14. The number of carbonyl (C=O) groups is 1. The second-order valence-corrected chi connectivity index (χ2v) is 5.73. The van der Waals surface area contributed by atoms with Crippen LogP contribution in [0, 0.1) is 6.92 Å². The van der Waals surface area contributed by atoms with Gasteiger partial charge in [-0.25, -0.2) is 0 Å². The smallest absolute Gasteiger partial charge is 0.191 e. The first-order valence-electron chi connectivity index (χ1n) is 6.94. The van der Waals surface area contributed by atoms with Gasteiger partial charge in [0.05, 0.1) is 0 Å². The van der Waals surface area contributed by atoms with Crippen LogP contribution in [-0.2, 0) is 6.54 Å². The number of Topliss-reactive ketones (excluding diaryl/α,β-unsaturated/α-hetero) is 1. The number of allylic oxidation sites excluding steroid dienone is 1. The molecule has 1 aromatic carbocycles. The van der Waals surface area contributed by atoms with Crippen LogP contribution in [0.1, 0.15) is 29.0 Å². The summed E-state index contributed by atoms with van der Waals surface area (Å²) in [5, 5.41) is 9.11. The van der Waals surface area contributed by atoms with E-state index >= 15 is 0 Å². The standard InChI is InChI=1S/C16H19N3OS/c1-3-11-19-13(2)17-18-16(19)21-12-7-10-15(20)14-8-5-4-6-9-14/h3-6,8-9H,1,7,10-12H2,2H3. The first-order valence-corrected chi connectivity index (χ1v) is 7.92. The number of carbonyl (C=O) groups excluding carboxylic acids is 1. The molecule has 0 amide bonds. The molecule has 0 saturated heterocycles. The fourth-order valence-corrected chi connectivity index (χ4v) is 2.90. The molecule has 0 N–H and O–H groups in total. The Morgan fingerprint density at radius 2 is 2.10 bits per heavy atom. The van der Waals surface area contributed by atoms with Crippen molar-refractivity contribution in [2.24, 2.45) is 0 Å². The van der Waals surface area contributed by atoms with E-state index in [0.717, 1.165) is 28.7 Å². The molecule has 21 heavy (non-hydrogen) atoms. The van der Waals surface area contributed by atoms with E-state index in [1.165, 1.54) is 0 Å². The summed E-state index contributed by atoms with van der Waals surface area (Å²) in [7, 11) is 0. The van der Waals surface area contributed by atoms with Crippen molar-refractivity contribution >= 4 is 17.5 Å². The molecule has 0 aliphatic carbocycles. The van der Waals surface area contributed by atoms with Gasteiger partial charge in [-0.3, -0.25) is 4.79 Å². The van der Waals surface area contributed by atoms with Crippen molar-refractivity contribution in [2.45, 2.75) is 31.5 Å². The van der Waals surface area contributed by atoms with E-state index in [2.05, 4.69) is 16.8 Å². The van der Waals surface area contributed by atoms with E-state index < -0.39 is 0 Å². The average molecular weight is 301 g/mol. The predicted octanol–water partition coefficient (Wildman–Crippen LogP) is 3.53. The molecule has 0 radical (unpaired) electrons. The van der Waals surface area contributed by atoms with Crippen LogP contribution in [0.4, 0.5) is 0 Å². The minimum atomic E-state index is 0.194. The Morgan fingerprint density at radius 1 is 1.33 bits per heavy atom. The summed E-state index contributed by atoms with van der Waals surface area (Å²) in [6.45, 7) is 6.38. The molecule has 1 heterocycles. The van der Waals surface area contributed by atoms with Crippen LogP contribution < -0.4 is 0 Å². The van der Waals surface area contributed by atoms with Gasteiger partial charge in [-0.05, 0) is 13.3 Å². The van der Waals surface area contributed by atoms with Gasteiger partial charge in [-0.2, -0.15) is 0 Å². The quantitative estimate of drug-likeness (QED) is 0.324. The van der Waals surface area contributed by atoms with Gasteiger partial charge in [0.2, 0.25) is 0 Å². The summed E-state index contributed by atoms with van der Waals surface area (Å²) in [6, 6.07) is 9.42. The lowest BCUT2D eigenvalue weighted by molar-refractivity contribution is 0.0982. The number of rotatable bonds is 8. The number of ketones is 1. The van der Waals surface area contributed by atoms with Crippen LogP contribution in [0.2, 0.25) is 0 Å². The third-order valence-electron chi connectivity index (χ3n) is 3.09. The highest BCUT2D eigenvalue weighted by Crippen LogP contribution is 2.19. The molecule has 2 aromatic rings. The molecule has 110 valence electrons. The average Bonchev–Trinajstić information content (AvgIpc) is 2.86. The van der Waals surface area contributed by atoms with E-state index in [1.54, 1.807) is 11.8 Å². The number of hydrogen-bond acceptors (Lipinski definition) is 4. The monoisotopic (exact) mass is 301 g/mol. The Balaban J connectivity index is 1.80. The molecule has 5 heteroatoms. The summed E-state index contributed by atoms with van der Waals surface area (Å²) in [4.78, 5) is 12.0. The Kier molecular flexibility index (Phi) is 5.75. The zero-order chi connectivity index (χ0) is 15.1. The minimum absolute atomic E-state index is 0.194. The zero-order valence-corrected chi connectivity index (χ0v) is 13.0. The van der Waals surface area contributed by atoms with E-state index in [4.69, 9.17) is 0 Å². The van der Waals surface area contributed by atoms with Crippen molar-refractivity contribution in [1.29, 1.82) is 0 Å². The molecule has 2 rings (SSSR count). The molecule has 0 fully saturated rings. The normalized spacial score (nSPS) is 10.5. The lowest BCUT2D eigenvalue weighted by atomic mass is 10.1. The van der Waals surface area contributed by atoms with Crippen LogP contribution in [0.15, 0.2) is 48.1 Å². The van der Waals surface area contributed by atoms with E-state index in [1.807, 2.05) is 47.9 Å². The van der Waals surface area contributed by atoms with Crippen molar-refractivity contribution in [3.05, 3.63) is 54.4 Å². The van der Waals surface area contributed by atoms with Crippen molar-refractivity contribution in [1.82, 2.24) is 14.8 Å². The van der Waals surface area contributed by atoms with Gasteiger partial charge in [0.1, 0.15) is 5.82 Å². The molecule has 0 saturated carbocycles. The second-order valence-electron chi connectivity index (χ2n) is 4.67. The maximum Gasteiger partial charge on any atom is 0.191 e. The molecule has 0 aliphatic heterocycles. The van der Waals surface area contributed by atoms with E-state index in [-0.39, 0.29) is 5.78 Å². The summed E-state index contributed by atoms with van der Waals surface area (Å²) in [6.07, 6.45) is 3.23. The molecule has 0 bridgehead atoms. The number of aromatic nitrogens is 3. The van der Waals surface area contributed by atoms with Gasteiger partial charge in [0.25, 0.3) is 0 Å². The van der Waals surface area contributed by atoms with Crippen LogP contribution in [0.3, 0.4) is 0 Å². The number of hydrogen-bond donors (Lipinski definition) is 0. The highest BCUT2D eigenvalue weighted by atomic mass is 32.2. The number of aryl methyl sites for hydroxylation is 1. The van der Waals surface area contributed by atoms with Crippen molar-refractivity contribution in [3.8, 4) is 0 Å². The predicted molar refractivity (Wildman–Crippen MR) is 85.7 cm³/mol. The first kappa shape index (κ1) is 15.5. The van der Waals surface area contributed by atoms with Crippen LogP contribution in [0.25, 0.3) is 0 Å². The highest BCUT2D eigenvalue weighted by molar-refractivity contribution is 7.99. The van der Waals surface area contributed by atoms with Crippen LogP contribution in [0.5, 0.6) is 0 Å². The molecule has 0 aliphatic rings. The summed E-state index contributed by atoms with van der Waals surface area (Å²) < 4.78 is 2.02. The maximum absolute atomic E-state index is 12.0. The van der Waals surface area contributed by atoms with Crippen molar-refractivity contribution in [2.75, 3.05) is 5.75 Å². The van der Waals surface area contributed by atoms with Gasteiger partial charge in [-0.15, -0.1) is 16.8 Å². The Hall–Kier alpha value is -1.88. The fraction of sp³-hybridized carbons (Fsp3) is 0.312. The van der Waals surface area contributed by atoms with E-state index in [9.17, 15) is 4.79 Å². The van der Waals surface area contributed by atoms with Gasteiger partial charge >= 0.3 is 0 Å². The molecule has 0 atom stereocenters. The Bertz CT molecular complexity index is 607. The molecule has 4 nitrogen and oxygen atoms in total. The molecule has 1 aromatic heterocycles. The van der Waals surface area contributed by atoms with Crippen LogP contribution in [-0.4, -0.2) is 26.3 Å². The fourth-order valence-electron chi connectivity index (χ4n) is 1.97. The van der Waals surface area contributed by atoms with E-state index in [0.29, 0.717) is 13.0 Å². The zero-order valence-electron chi connectivity index (χ0n) is 12.2. The topological polar surface area (TPSA) is 47.8 Å². The molecular weight excluding hydrogens is 282 g/mol. The minimum Gasteiger partial charge on any atom is -0.302 e. The Labute approximate surface area is 129 Å². The molecule has 0 spiro atoms. The van der Waals surface area contributed by atoms with Gasteiger partial charge < -0.3 is 4.57 Å². The lowest BCUT2D eigenvalue weighted by Gasteiger charge is -2.05. The van der Waals surface area contributed by atoms with Crippen LogP contribution >= 0.6 is 11.8 Å².